The van der Waals surface area contributed by atoms with Crippen molar-refractivity contribution in [2.24, 2.45) is 5.10 Å². The number of ether oxygens (including phenoxy) is 2. The molecule has 0 saturated heterocycles. The second-order valence-corrected chi connectivity index (χ2v) is 8.38. The van der Waals surface area contributed by atoms with Crippen LogP contribution >= 0.6 is 23.2 Å². The predicted molar refractivity (Wildman–Crippen MR) is 137 cm³/mol. The Kier molecular flexibility index (Phi) is 8.03. The van der Waals surface area contributed by atoms with Crippen molar-refractivity contribution in [2.45, 2.75) is 19.6 Å². The van der Waals surface area contributed by atoms with Crippen molar-refractivity contribution in [3.05, 3.63) is 100 Å². The maximum Gasteiger partial charge on any atom is 0.280 e. The molecule has 35 heavy (non-hydrogen) atoms. The summed E-state index contributed by atoms with van der Waals surface area (Å²) < 4.78 is 11.5. The van der Waals surface area contributed by atoms with Crippen LogP contribution in [0.1, 0.15) is 18.1 Å². The third kappa shape index (κ3) is 6.62. The Balaban J connectivity index is 1.29. The minimum absolute atomic E-state index is 0.398. The molecule has 0 unspecified atom stereocenters. The number of carbonyl (C=O) groups excluding carboxylic acids is 1. The van der Waals surface area contributed by atoms with Crippen molar-refractivity contribution in [3.63, 3.8) is 0 Å². The van der Waals surface area contributed by atoms with Crippen LogP contribution in [-0.2, 0) is 11.4 Å². The molecule has 0 fully saturated rings. The van der Waals surface area contributed by atoms with Gasteiger partial charge in [-0.1, -0.05) is 59.6 Å². The molecule has 0 radical (unpaired) electrons. The molecule has 1 amide bonds. The van der Waals surface area contributed by atoms with E-state index in [1.54, 1.807) is 49.5 Å². The van der Waals surface area contributed by atoms with E-state index in [0.29, 0.717) is 39.4 Å². The lowest BCUT2D eigenvalue weighted by Gasteiger charge is -2.13. The first kappa shape index (κ1) is 24.3. The predicted octanol–water partition coefficient (Wildman–Crippen LogP) is 5.88. The molecule has 7 nitrogen and oxygen atoms in total. The fourth-order valence-corrected chi connectivity index (χ4v) is 3.44. The molecule has 0 saturated carbocycles. The van der Waals surface area contributed by atoms with Crippen LogP contribution in [0.3, 0.4) is 0 Å². The van der Waals surface area contributed by atoms with E-state index < -0.39 is 12.0 Å². The Morgan fingerprint density at radius 2 is 1.80 bits per heavy atom. The molecule has 1 heterocycles. The second kappa shape index (κ2) is 11.6. The van der Waals surface area contributed by atoms with Crippen molar-refractivity contribution in [1.82, 2.24) is 15.6 Å². The first-order valence-corrected chi connectivity index (χ1v) is 11.5. The largest absolute Gasteiger partial charge is 0.489 e. The number of H-pyrrole nitrogens is 1. The van der Waals surface area contributed by atoms with Gasteiger partial charge in [-0.05, 0) is 48.9 Å². The number of hydrazone groups is 1. The normalized spacial score (nSPS) is 11.9. The minimum atomic E-state index is -0.762. The van der Waals surface area contributed by atoms with Crippen molar-refractivity contribution < 1.29 is 14.3 Å². The minimum Gasteiger partial charge on any atom is -0.489 e. The first-order chi connectivity index (χ1) is 17.0. The van der Waals surface area contributed by atoms with Gasteiger partial charge in [0, 0.05) is 11.1 Å². The maximum absolute atomic E-state index is 12.4. The van der Waals surface area contributed by atoms with Crippen molar-refractivity contribution in [3.8, 4) is 22.8 Å². The van der Waals surface area contributed by atoms with E-state index in [1.807, 2.05) is 36.4 Å². The van der Waals surface area contributed by atoms with Gasteiger partial charge in [0.1, 0.15) is 18.1 Å². The van der Waals surface area contributed by atoms with Crippen LogP contribution in [0, 0.1) is 0 Å². The number of halogens is 2. The fraction of sp³-hybridized carbons (Fsp3) is 0.115. The summed E-state index contributed by atoms with van der Waals surface area (Å²) in [7, 11) is 0. The zero-order valence-corrected chi connectivity index (χ0v) is 20.3. The van der Waals surface area contributed by atoms with Gasteiger partial charge in [0.2, 0.25) is 0 Å². The number of amides is 1. The van der Waals surface area contributed by atoms with Gasteiger partial charge in [0.25, 0.3) is 5.91 Å². The molecule has 1 atom stereocenters. The zero-order chi connectivity index (χ0) is 24.6. The highest BCUT2D eigenvalue weighted by molar-refractivity contribution is 6.42. The van der Waals surface area contributed by atoms with Gasteiger partial charge in [-0.2, -0.15) is 10.2 Å². The van der Waals surface area contributed by atoms with Gasteiger partial charge in [-0.15, -0.1) is 0 Å². The summed E-state index contributed by atoms with van der Waals surface area (Å²) in [6.45, 7) is 2.12. The summed E-state index contributed by atoms with van der Waals surface area (Å²) in [6.07, 6.45) is 2.32. The molecule has 3 aromatic carbocycles. The van der Waals surface area contributed by atoms with E-state index in [0.717, 1.165) is 11.1 Å². The van der Waals surface area contributed by atoms with Crippen LogP contribution < -0.4 is 14.9 Å². The fourth-order valence-electron chi connectivity index (χ4n) is 3.15. The molecular formula is C26H22Cl2N4O3. The number of nitrogens with zero attached hydrogens (tertiary/aromatic N) is 2. The number of carbonyl (C=O) groups is 1. The molecule has 0 bridgehead atoms. The summed E-state index contributed by atoms with van der Waals surface area (Å²) in [5, 5.41) is 11.8. The van der Waals surface area contributed by atoms with Crippen molar-refractivity contribution in [2.75, 3.05) is 0 Å². The lowest BCUT2D eigenvalue weighted by Crippen LogP contribution is -2.33. The Morgan fingerprint density at radius 3 is 2.54 bits per heavy atom. The highest BCUT2D eigenvalue weighted by Crippen LogP contribution is 2.28. The van der Waals surface area contributed by atoms with Crippen LogP contribution in [0.4, 0.5) is 0 Å². The number of benzene rings is 3. The summed E-state index contributed by atoms with van der Waals surface area (Å²) in [4.78, 5) is 12.4. The Morgan fingerprint density at radius 1 is 1.06 bits per heavy atom. The topological polar surface area (TPSA) is 88.6 Å². The first-order valence-electron chi connectivity index (χ1n) is 10.7. The van der Waals surface area contributed by atoms with Gasteiger partial charge in [0.05, 0.1) is 28.2 Å². The van der Waals surface area contributed by atoms with Crippen LogP contribution in [0.2, 0.25) is 10.0 Å². The summed E-state index contributed by atoms with van der Waals surface area (Å²) >= 11 is 12.1. The summed E-state index contributed by atoms with van der Waals surface area (Å²) in [5.74, 6) is 0.853. The van der Waals surface area contributed by atoms with E-state index in [-0.39, 0.29) is 0 Å². The lowest BCUT2D eigenvalue weighted by atomic mass is 10.1. The van der Waals surface area contributed by atoms with E-state index >= 15 is 0 Å². The number of rotatable bonds is 9. The number of aromatic amines is 1. The highest BCUT2D eigenvalue weighted by atomic mass is 35.5. The van der Waals surface area contributed by atoms with Gasteiger partial charge in [0.15, 0.2) is 6.10 Å². The quantitative estimate of drug-likeness (QED) is 0.218. The molecule has 0 aliphatic rings. The standard InChI is InChI=1S/C26H22Cl2N4O3/c1-17(35-22-10-8-21(9-11-22)34-16-18-5-3-2-4-6-18)26(33)32-30-15-20-14-29-31-25(20)19-7-12-23(27)24(28)13-19/h2-15,17H,16H2,1H3,(H,29,31)(H,32,33)/b30-15-/t17-/m0/s1. The molecular weight excluding hydrogens is 487 g/mol. The van der Waals surface area contributed by atoms with Crippen LogP contribution in [0.5, 0.6) is 11.5 Å². The van der Waals surface area contributed by atoms with Crippen molar-refractivity contribution in [1.29, 1.82) is 0 Å². The van der Waals surface area contributed by atoms with Gasteiger partial charge < -0.3 is 9.47 Å². The van der Waals surface area contributed by atoms with E-state index in [2.05, 4.69) is 20.7 Å². The SMILES string of the molecule is C[C@H](Oc1ccc(OCc2ccccc2)cc1)C(=O)N/N=C\c1cn[nH]c1-c1ccc(Cl)c(Cl)c1. The summed E-state index contributed by atoms with van der Waals surface area (Å²) in [5.41, 5.74) is 5.72. The second-order valence-electron chi connectivity index (χ2n) is 7.57. The van der Waals surface area contributed by atoms with Crippen LogP contribution in [0.25, 0.3) is 11.3 Å². The van der Waals surface area contributed by atoms with E-state index in [9.17, 15) is 4.79 Å². The van der Waals surface area contributed by atoms with E-state index in [1.165, 1.54) is 6.21 Å². The molecule has 1 aromatic heterocycles. The third-order valence-corrected chi connectivity index (χ3v) is 5.75. The number of nitrogens with one attached hydrogen (secondary N) is 2. The van der Waals surface area contributed by atoms with Crippen molar-refractivity contribution >= 4 is 35.3 Å². The Bertz CT molecular complexity index is 1310. The molecule has 4 aromatic rings. The number of aromatic nitrogens is 2. The maximum atomic E-state index is 12.4. The van der Waals surface area contributed by atoms with Gasteiger partial charge in [-0.25, -0.2) is 5.43 Å². The molecule has 2 N–H and O–H groups in total. The molecule has 0 spiro atoms. The number of hydrogen-bond acceptors (Lipinski definition) is 5. The lowest BCUT2D eigenvalue weighted by molar-refractivity contribution is -0.127. The number of hydrogen-bond donors (Lipinski definition) is 2. The smallest absolute Gasteiger partial charge is 0.280 e. The average molecular weight is 509 g/mol. The molecule has 178 valence electrons. The molecule has 0 aliphatic carbocycles. The van der Waals surface area contributed by atoms with E-state index in [4.69, 9.17) is 32.7 Å². The molecule has 9 heteroatoms. The van der Waals surface area contributed by atoms with Crippen LogP contribution in [-0.4, -0.2) is 28.4 Å². The Labute approximate surface area is 212 Å². The third-order valence-electron chi connectivity index (χ3n) is 5.01. The van der Waals surface area contributed by atoms with Gasteiger partial charge in [-0.3, -0.25) is 9.89 Å². The average Bonchev–Trinajstić information content (AvgIpc) is 3.34. The molecule has 0 aliphatic heterocycles. The Hall–Kier alpha value is -3.81. The van der Waals surface area contributed by atoms with Gasteiger partial charge >= 0.3 is 0 Å². The highest BCUT2D eigenvalue weighted by Gasteiger charge is 2.14. The molecule has 4 rings (SSSR count). The monoisotopic (exact) mass is 508 g/mol. The zero-order valence-electron chi connectivity index (χ0n) is 18.7. The summed E-state index contributed by atoms with van der Waals surface area (Å²) in [6, 6.07) is 22.2. The van der Waals surface area contributed by atoms with Crippen LogP contribution in [0.15, 0.2) is 84.1 Å².